The second-order valence-corrected chi connectivity index (χ2v) is 5.74. The number of thiophene rings is 1. The van der Waals surface area contributed by atoms with Gasteiger partial charge in [-0.25, -0.2) is 9.67 Å². The summed E-state index contributed by atoms with van der Waals surface area (Å²) in [6, 6.07) is 4.15. The van der Waals surface area contributed by atoms with Gasteiger partial charge in [0.1, 0.15) is 5.82 Å². The van der Waals surface area contributed by atoms with Gasteiger partial charge < -0.3 is 5.11 Å². The van der Waals surface area contributed by atoms with Gasteiger partial charge in [0.25, 0.3) is 0 Å². The molecule has 0 aromatic carbocycles. The van der Waals surface area contributed by atoms with E-state index >= 15 is 0 Å². The first-order valence-corrected chi connectivity index (χ1v) is 6.72. The van der Waals surface area contributed by atoms with Crippen LogP contribution in [0.3, 0.4) is 0 Å². The third-order valence-corrected chi connectivity index (χ3v) is 4.17. The van der Waals surface area contributed by atoms with Gasteiger partial charge in [0.05, 0.1) is 11.5 Å². The minimum absolute atomic E-state index is 0.158. The number of aliphatic hydroxyl groups excluding tert-OH is 1. The van der Waals surface area contributed by atoms with Gasteiger partial charge in [0.2, 0.25) is 0 Å². The number of aromatic nitrogens is 3. The van der Waals surface area contributed by atoms with Crippen LogP contribution in [0.1, 0.15) is 29.5 Å². The van der Waals surface area contributed by atoms with Crippen LogP contribution in [0.5, 0.6) is 0 Å². The molecule has 0 fully saturated rings. The molecule has 0 spiro atoms. The molecule has 2 aromatic heterocycles. The number of aryl methyl sites for hydroxylation is 2. The van der Waals surface area contributed by atoms with Crippen molar-refractivity contribution >= 4 is 11.3 Å². The molecule has 1 aliphatic rings. The Hall–Kier alpha value is -1.20. The average Bonchev–Trinajstić information content (AvgIpc) is 2.93. The van der Waals surface area contributed by atoms with Crippen LogP contribution in [-0.4, -0.2) is 26.5 Å². The summed E-state index contributed by atoms with van der Waals surface area (Å²) in [5, 5.41) is 13.9. The highest BCUT2D eigenvalue weighted by Crippen LogP contribution is 2.30. The molecule has 0 aliphatic carbocycles. The molecular formula is C12H15N3OS. The summed E-state index contributed by atoms with van der Waals surface area (Å²) >= 11 is 1.71. The Morgan fingerprint density at radius 1 is 1.53 bits per heavy atom. The molecule has 1 unspecified atom stereocenters. The second-order valence-electron chi connectivity index (χ2n) is 4.45. The minimum Gasteiger partial charge on any atom is -0.396 e. The first-order chi connectivity index (χ1) is 8.28. The highest BCUT2D eigenvalue weighted by Gasteiger charge is 2.24. The number of rotatable bonds is 2. The van der Waals surface area contributed by atoms with Crippen molar-refractivity contribution in [2.24, 2.45) is 0 Å². The molecule has 4 nitrogen and oxygen atoms in total. The summed E-state index contributed by atoms with van der Waals surface area (Å²) < 4.78 is 1.95. The monoisotopic (exact) mass is 249 g/mol. The predicted octanol–water partition coefficient (Wildman–Crippen LogP) is 2.18. The third-order valence-electron chi connectivity index (χ3n) is 3.17. The molecule has 0 radical (unpaired) electrons. The van der Waals surface area contributed by atoms with Crippen LogP contribution >= 0.6 is 11.3 Å². The summed E-state index contributed by atoms with van der Waals surface area (Å²) in [5.74, 6) is 1.91. The molecule has 0 amide bonds. The molecule has 1 atom stereocenters. The standard InChI is InChI=1S/C12H15N3OS/c1-8-4-5-10(17-8)11-13-12-9(7-16)3-2-6-15(12)14-11/h4-5,9,16H,2-3,6-7H2,1H3. The van der Waals surface area contributed by atoms with E-state index in [-0.39, 0.29) is 12.5 Å². The number of fused-ring (bicyclic) bond motifs is 1. The van der Waals surface area contributed by atoms with E-state index in [1.165, 1.54) is 4.88 Å². The Balaban J connectivity index is 2.01. The SMILES string of the molecule is Cc1ccc(-c2nc3n(n2)CCCC3CO)s1. The first kappa shape index (κ1) is 10.9. The van der Waals surface area contributed by atoms with E-state index in [1.807, 2.05) is 4.68 Å². The highest BCUT2D eigenvalue weighted by atomic mass is 32.1. The van der Waals surface area contributed by atoms with E-state index in [4.69, 9.17) is 0 Å². The van der Waals surface area contributed by atoms with Crippen LogP contribution in [0.15, 0.2) is 12.1 Å². The van der Waals surface area contributed by atoms with E-state index in [1.54, 1.807) is 11.3 Å². The van der Waals surface area contributed by atoms with Crippen LogP contribution in [-0.2, 0) is 6.54 Å². The van der Waals surface area contributed by atoms with Gasteiger partial charge in [-0.3, -0.25) is 0 Å². The van der Waals surface area contributed by atoms with Crippen LogP contribution in [0.4, 0.5) is 0 Å². The molecule has 1 N–H and O–H groups in total. The zero-order valence-electron chi connectivity index (χ0n) is 9.76. The van der Waals surface area contributed by atoms with Crippen LogP contribution in [0, 0.1) is 6.92 Å². The van der Waals surface area contributed by atoms with Gasteiger partial charge in [-0.15, -0.1) is 16.4 Å². The lowest BCUT2D eigenvalue weighted by Gasteiger charge is -2.19. The number of hydrogen-bond acceptors (Lipinski definition) is 4. The Kier molecular flexibility index (Phi) is 2.72. The summed E-state index contributed by atoms with van der Waals surface area (Å²) in [7, 11) is 0. The molecule has 3 heterocycles. The average molecular weight is 249 g/mol. The van der Waals surface area contributed by atoms with E-state index in [9.17, 15) is 5.11 Å². The van der Waals surface area contributed by atoms with Gasteiger partial charge >= 0.3 is 0 Å². The predicted molar refractivity (Wildman–Crippen MR) is 67.1 cm³/mol. The van der Waals surface area contributed by atoms with Crippen LogP contribution < -0.4 is 0 Å². The molecule has 0 saturated carbocycles. The van der Waals surface area contributed by atoms with Crippen molar-refractivity contribution in [1.82, 2.24) is 14.8 Å². The smallest absolute Gasteiger partial charge is 0.191 e. The molecule has 3 rings (SSSR count). The summed E-state index contributed by atoms with van der Waals surface area (Å²) in [4.78, 5) is 6.97. The van der Waals surface area contributed by atoms with Gasteiger partial charge in [0.15, 0.2) is 5.82 Å². The van der Waals surface area contributed by atoms with E-state index in [0.717, 1.165) is 35.9 Å². The van der Waals surface area contributed by atoms with Crippen molar-refractivity contribution in [2.45, 2.75) is 32.2 Å². The lowest BCUT2D eigenvalue weighted by molar-refractivity contribution is 0.234. The molecule has 0 bridgehead atoms. The van der Waals surface area contributed by atoms with Crippen molar-refractivity contribution < 1.29 is 5.11 Å². The molecular weight excluding hydrogens is 234 g/mol. The topological polar surface area (TPSA) is 50.9 Å². The minimum atomic E-state index is 0.158. The fourth-order valence-corrected chi connectivity index (χ4v) is 3.07. The maximum Gasteiger partial charge on any atom is 0.191 e. The number of hydrogen-bond donors (Lipinski definition) is 1. The van der Waals surface area contributed by atoms with Crippen LogP contribution in [0.2, 0.25) is 0 Å². The van der Waals surface area contributed by atoms with Crippen molar-refractivity contribution in [1.29, 1.82) is 0 Å². The Morgan fingerprint density at radius 3 is 3.12 bits per heavy atom. The Bertz CT molecular complexity index is 532. The van der Waals surface area contributed by atoms with Gasteiger partial charge in [-0.1, -0.05) is 0 Å². The molecule has 90 valence electrons. The summed E-state index contributed by atoms with van der Waals surface area (Å²) in [5.41, 5.74) is 0. The quantitative estimate of drug-likeness (QED) is 0.887. The summed E-state index contributed by atoms with van der Waals surface area (Å²) in [6.45, 7) is 3.17. The van der Waals surface area contributed by atoms with E-state index in [0.29, 0.717) is 0 Å². The lowest BCUT2D eigenvalue weighted by atomic mass is 10.0. The third kappa shape index (κ3) is 1.89. The van der Waals surface area contributed by atoms with Gasteiger partial charge in [-0.05, 0) is 31.9 Å². The highest BCUT2D eigenvalue weighted by molar-refractivity contribution is 7.15. The fourth-order valence-electron chi connectivity index (χ4n) is 2.27. The molecule has 2 aromatic rings. The first-order valence-electron chi connectivity index (χ1n) is 5.90. The summed E-state index contributed by atoms with van der Waals surface area (Å²) in [6.07, 6.45) is 2.09. The largest absolute Gasteiger partial charge is 0.396 e. The number of aliphatic hydroxyl groups is 1. The van der Waals surface area contributed by atoms with Gasteiger partial charge in [-0.2, -0.15) is 0 Å². The Morgan fingerprint density at radius 2 is 2.41 bits per heavy atom. The maximum atomic E-state index is 9.34. The van der Waals surface area contributed by atoms with Gasteiger partial charge in [0, 0.05) is 17.3 Å². The molecule has 5 heteroatoms. The van der Waals surface area contributed by atoms with Crippen LogP contribution in [0.25, 0.3) is 10.7 Å². The Labute approximate surface area is 104 Å². The van der Waals surface area contributed by atoms with Crippen molar-refractivity contribution in [3.05, 3.63) is 22.8 Å². The zero-order valence-corrected chi connectivity index (χ0v) is 10.6. The normalized spacial score (nSPS) is 19.3. The second kappa shape index (κ2) is 4.23. The zero-order chi connectivity index (χ0) is 11.8. The molecule has 0 saturated heterocycles. The molecule has 17 heavy (non-hydrogen) atoms. The van der Waals surface area contributed by atoms with E-state index in [2.05, 4.69) is 29.1 Å². The maximum absolute atomic E-state index is 9.34. The lowest BCUT2D eigenvalue weighted by Crippen LogP contribution is -2.19. The molecule has 1 aliphatic heterocycles. The van der Waals surface area contributed by atoms with E-state index < -0.39 is 0 Å². The van der Waals surface area contributed by atoms with Crippen molar-refractivity contribution in [3.8, 4) is 10.7 Å². The van der Waals surface area contributed by atoms with Crippen molar-refractivity contribution in [2.75, 3.05) is 6.61 Å². The number of nitrogens with zero attached hydrogens (tertiary/aromatic N) is 3. The fraction of sp³-hybridized carbons (Fsp3) is 0.500. The van der Waals surface area contributed by atoms with Crippen molar-refractivity contribution in [3.63, 3.8) is 0 Å².